The van der Waals surface area contributed by atoms with Crippen molar-refractivity contribution >= 4 is 44.9 Å². The quantitative estimate of drug-likeness (QED) is 0.581. The Kier molecular flexibility index (Phi) is 6.14. The smallest absolute Gasteiger partial charge is 0.325 e. The minimum Gasteiger partial charge on any atom is -0.460 e. The number of amides is 1. The van der Waals surface area contributed by atoms with E-state index in [9.17, 15) is 9.59 Å². The van der Waals surface area contributed by atoms with E-state index in [0.29, 0.717) is 15.8 Å². The second-order valence-electron chi connectivity index (χ2n) is 6.48. The first-order valence-electron chi connectivity index (χ1n) is 8.65. The van der Waals surface area contributed by atoms with Crippen LogP contribution >= 0.6 is 22.9 Å². The fourth-order valence-corrected chi connectivity index (χ4v) is 4.04. The largest absolute Gasteiger partial charge is 0.460 e. The Morgan fingerprint density at radius 1 is 1.11 bits per heavy atom. The third kappa shape index (κ3) is 4.67. The molecule has 140 valence electrons. The first kappa shape index (κ1) is 19.4. The number of benzene rings is 2. The maximum absolute atomic E-state index is 12.3. The van der Waals surface area contributed by atoms with Gasteiger partial charge < -0.3 is 10.1 Å². The van der Waals surface area contributed by atoms with E-state index in [1.165, 1.54) is 16.9 Å². The molecule has 0 radical (unpaired) electrons. The van der Waals surface area contributed by atoms with Crippen molar-refractivity contribution in [2.45, 2.75) is 26.4 Å². The minimum absolute atomic E-state index is 0.177. The summed E-state index contributed by atoms with van der Waals surface area (Å²) in [4.78, 5) is 24.6. The summed E-state index contributed by atoms with van der Waals surface area (Å²) in [5.41, 5.74) is 2.14. The Morgan fingerprint density at radius 2 is 1.81 bits per heavy atom. The van der Waals surface area contributed by atoms with Crippen molar-refractivity contribution in [1.29, 1.82) is 0 Å². The van der Waals surface area contributed by atoms with Crippen LogP contribution in [0.15, 0.2) is 48.5 Å². The zero-order valence-corrected chi connectivity index (χ0v) is 16.7. The maximum Gasteiger partial charge on any atom is 0.325 e. The van der Waals surface area contributed by atoms with Crippen molar-refractivity contribution in [2.75, 3.05) is 6.54 Å². The van der Waals surface area contributed by atoms with E-state index in [-0.39, 0.29) is 19.1 Å². The van der Waals surface area contributed by atoms with Gasteiger partial charge in [0.15, 0.2) is 0 Å². The van der Waals surface area contributed by atoms with Crippen molar-refractivity contribution in [3.05, 3.63) is 69.6 Å². The van der Waals surface area contributed by atoms with Gasteiger partial charge in [-0.15, -0.1) is 11.3 Å². The van der Waals surface area contributed by atoms with E-state index in [0.717, 1.165) is 15.6 Å². The Labute approximate surface area is 167 Å². The molecule has 1 N–H and O–H groups in total. The van der Waals surface area contributed by atoms with E-state index in [4.69, 9.17) is 16.3 Å². The zero-order valence-electron chi connectivity index (χ0n) is 15.1. The average molecular weight is 402 g/mol. The van der Waals surface area contributed by atoms with E-state index in [2.05, 4.69) is 19.2 Å². The molecule has 0 aliphatic heterocycles. The summed E-state index contributed by atoms with van der Waals surface area (Å²) in [7, 11) is 0. The summed E-state index contributed by atoms with van der Waals surface area (Å²) in [6.07, 6.45) is 0. The number of ether oxygens (including phenoxy) is 1. The highest BCUT2D eigenvalue weighted by atomic mass is 35.5. The number of carbonyl (C=O) groups excluding carboxylic acids is 2. The molecule has 4 nitrogen and oxygen atoms in total. The van der Waals surface area contributed by atoms with E-state index in [1.54, 1.807) is 0 Å². The Bertz CT molecular complexity index is 963. The van der Waals surface area contributed by atoms with Gasteiger partial charge in [-0.2, -0.15) is 0 Å². The predicted molar refractivity (Wildman–Crippen MR) is 109 cm³/mol. The van der Waals surface area contributed by atoms with Gasteiger partial charge in [0, 0.05) is 10.1 Å². The molecule has 1 aromatic heterocycles. The molecule has 0 saturated heterocycles. The number of halogens is 1. The van der Waals surface area contributed by atoms with Crippen LogP contribution in [0, 0.1) is 0 Å². The van der Waals surface area contributed by atoms with Crippen LogP contribution in [0.25, 0.3) is 10.1 Å². The van der Waals surface area contributed by atoms with Crippen molar-refractivity contribution in [1.82, 2.24) is 5.32 Å². The molecule has 1 amide bonds. The highest BCUT2D eigenvalue weighted by molar-refractivity contribution is 7.21. The molecule has 0 atom stereocenters. The van der Waals surface area contributed by atoms with Crippen molar-refractivity contribution in [3.63, 3.8) is 0 Å². The lowest BCUT2D eigenvalue weighted by molar-refractivity contribution is -0.143. The molecule has 2 aromatic carbocycles. The molecule has 3 rings (SSSR count). The summed E-state index contributed by atoms with van der Waals surface area (Å²) < 4.78 is 6.15. The zero-order chi connectivity index (χ0) is 19.4. The number of fused-ring (bicyclic) bond motifs is 1. The van der Waals surface area contributed by atoms with E-state index >= 15 is 0 Å². The fourth-order valence-electron chi connectivity index (χ4n) is 2.61. The number of nitrogens with one attached hydrogen (secondary N) is 1. The first-order chi connectivity index (χ1) is 13.0. The van der Waals surface area contributed by atoms with Gasteiger partial charge in [-0.3, -0.25) is 9.59 Å². The lowest BCUT2D eigenvalue weighted by Crippen LogP contribution is -2.30. The van der Waals surface area contributed by atoms with Gasteiger partial charge in [0.25, 0.3) is 5.91 Å². The predicted octanol–water partition coefficient (Wildman–Crippen LogP) is 5.15. The van der Waals surface area contributed by atoms with Crippen LogP contribution < -0.4 is 5.32 Å². The third-order valence-corrected chi connectivity index (χ3v) is 5.85. The lowest BCUT2D eigenvalue weighted by Gasteiger charge is -2.08. The van der Waals surface area contributed by atoms with Gasteiger partial charge in [0.05, 0.1) is 5.02 Å². The molecule has 0 bridgehead atoms. The molecule has 0 saturated carbocycles. The summed E-state index contributed by atoms with van der Waals surface area (Å²) in [5, 5.41) is 3.82. The summed E-state index contributed by atoms with van der Waals surface area (Å²) >= 11 is 7.58. The van der Waals surface area contributed by atoms with Gasteiger partial charge in [-0.25, -0.2) is 0 Å². The number of hydrogen-bond acceptors (Lipinski definition) is 4. The summed E-state index contributed by atoms with van der Waals surface area (Å²) in [6.45, 7) is 4.23. The standard InChI is InChI=1S/C21H20ClNO3S/c1-13(2)15-9-7-14(8-10-15)12-26-18(24)11-23-21(25)20-19(22)16-5-3-4-6-17(16)27-20/h3-10,13H,11-12H2,1-2H3,(H,23,25). The summed E-state index contributed by atoms with van der Waals surface area (Å²) in [5.74, 6) is -0.412. The topological polar surface area (TPSA) is 55.4 Å². The molecule has 0 aliphatic carbocycles. The van der Waals surface area contributed by atoms with Crippen LogP contribution in [-0.2, 0) is 16.1 Å². The second kappa shape index (κ2) is 8.55. The Balaban J connectivity index is 1.52. The van der Waals surface area contributed by atoms with E-state index in [1.807, 2.05) is 48.5 Å². The van der Waals surface area contributed by atoms with Gasteiger partial charge in [-0.05, 0) is 23.1 Å². The number of carbonyl (C=O) groups is 2. The third-order valence-electron chi connectivity index (χ3n) is 4.18. The normalized spacial score (nSPS) is 11.0. The molecule has 0 unspecified atom stereocenters. The van der Waals surface area contributed by atoms with Crippen molar-refractivity contribution in [2.24, 2.45) is 0 Å². The van der Waals surface area contributed by atoms with E-state index < -0.39 is 5.97 Å². The minimum atomic E-state index is -0.492. The van der Waals surface area contributed by atoms with Crippen LogP contribution in [0.1, 0.15) is 40.6 Å². The number of thiophene rings is 1. The number of hydrogen-bond donors (Lipinski definition) is 1. The molecule has 27 heavy (non-hydrogen) atoms. The number of rotatable bonds is 6. The molecule has 3 aromatic rings. The van der Waals surface area contributed by atoms with Gasteiger partial charge in [-0.1, -0.05) is 67.9 Å². The lowest BCUT2D eigenvalue weighted by atomic mass is 10.0. The highest BCUT2D eigenvalue weighted by Gasteiger charge is 2.17. The van der Waals surface area contributed by atoms with Crippen LogP contribution in [0.3, 0.4) is 0 Å². The van der Waals surface area contributed by atoms with Gasteiger partial charge in [0.1, 0.15) is 18.0 Å². The van der Waals surface area contributed by atoms with Gasteiger partial charge >= 0.3 is 5.97 Å². The highest BCUT2D eigenvalue weighted by Crippen LogP contribution is 2.34. The van der Waals surface area contributed by atoms with Crippen molar-refractivity contribution in [3.8, 4) is 0 Å². The molecular weight excluding hydrogens is 382 g/mol. The number of esters is 1. The van der Waals surface area contributed by atoms with Crippen LogP contribution in [0.2, 0.25) is 5.02 Å². The maximum atomic E-state index is 12.3. The molecule has 0 aliphatic rings. The molecule has 0 fully saturated rings. The van der Waals surface area contributed by atoms with Crippen molar-refractivity contribution < 1.29 is 14.3 Å². The second-order valence-corrected chi connectivity index (χ2v) is 7.91. The first-order valence-corrected chi connectivity index (χ1v) is 9.85. The SMILES string of the molecule is CC(C)c1ccc(COC(=O)CNC(=O)c2sc3ccccc3c2Cl)cc1. The monoisotopic (exact) mass is 401 g/mol. The fraction of sp³-hybridized carbons (Fsp3) is 0.238. The summed E-state index contributed by atoms with van der Waals surface area (Å²) in [6, 6.07) is 15.5. The molecular formula is C21H20ClNO3S. The molecule has 1 heterocycles. The van der Waals surface area contributed by atoms with Gasteiger partial charge in [0.2, 0.25) is 0 Å². The molecule has 6 heteroatoms. The Hall–Kier alpha value is -2.37. The van der Waals surface area contributed by atoms with Crippen LogP contribution in [0.4, 0.5) is 0 Å². The Morgan fingerprint density at radius 3 is 2.48 bits per heavy atom. The van der Waals surface area contributed by atoms with Crippen LogP contribution in [-0.4, -0.2) is 18.4 Å². The molecule has 0 spiro atoms. The average Bonchev–Trinajstić information content (AvgIpc) is 3.02. The van der Waals surface area contributed by atoms with Crippen LogP contribution in [0.5, 0.6) is 0 Å².